The summed E-state index contributed by atoms with van der Waals surface area (Å²) in [7, 11) is 2.14. The van der Waals surface area contributed by atoms with Crippen LogP contribution in [0.4, 0.5) is 0 Å². The predicted molar refractivity (Wildman–Crippen MR) is 120 cm³/mol. The Balaban J connectivity index is 1.34. The first-order chi connectivity index (χ1) is 15.6. The van der Waals surface area contributed by atoms with Gasteiger partial charge in [-0.25, -0.2) is 0 Å². The fourth-order valence-corrected chi connectivity index (χ4v) is 4.88. The molecule has 2 fully saturated rings. The van der Waals surface area contributed by atoms with Gasteiger partial charge in [-0.15, -0.1) is 0 Å². The van der Waals surface area contributed by atoms with Crippen molar-refractivity contribution in [2.75, 3.05) is 33.4 Å². The highest BCUT2D eigenvalue weighted by Gasteiger charge is 2.32. The van der Waals surface area contributed by atoms with E-state index < -0.39 is 0 Å². The third-order valence-corrected chi connectivity index (χ3v) is 6.78. The first-order valence-corrected chi connectivity index (χ1v) is 11.4. The molecule has 1 atom stereocenters. The van der Waals surface area contributed by atoms with Gasteiger partial charge in [-0.1, -0.05) is 11.2 Å². The zero-order chi connectivity index (χ0) is 22.1. The number of benzene rings is 2. The van der Waals surface area contributed by atoms with Crippen LogP contribution in [0.5, 0.6) is 5.75 Å². The lowest BCUT2D eigenvalue weighted by Gasteiger charge is -2.31. The minimum atomic E-state index is -0.379. The molecule has 0 spiro atoms. The molecule has 32 heavy (non-hydrogen) atoms. The molecule has 1 aliphatic carbocycles. The molecule has 2 aromatic carbocycles. The Labute approximate surface area is 186 Å². The van der Waals surface area contributed by atoms with Crippen LogP contribution < -0.4 is 4.74 Å². The summed E-state index contributed by atoms with van der Waals surface area (Å²) in [4.78, 5) is 26.5. The summed E-state index contributed by atoms with van der Waals surface area (Å²) in [6.45, 7) is 3.15. The van der Waals surface area contributed by atoms with E-state index in [1.165, 1.54) is 0 Å². The van der Waals surface area contributed by atoms with Gasteiger partial charge in [0.2, 0.25) is 0 Å². The van der Waals surface area contributed by atoms with Gasteiger partial charge in [-0.2, -0.15) is 0 Å². The van der Waals surface area contributed by atoms with Crippen LogP contribution in [-0.2, 0) is 14.3 Å². The molecule has 2 heterocycles. The van der Waals surface area contributed by atoms with Gasteiger partial charge in [0.15, 0.2) is 5.58 Å². The maximum atomic E-state index is 12.5. The van der Waals surface area contributed by atoms with Gasteiger partial charge in [0.05, 0.1) is 17.7 Å². The molecule has 1 aromatic heterocycles. The highest BCUT2D eigenvalue weighted by Crippen LogP contribution is 2.37. The van der Waals surface area contributed by atoms with Crippen molar-refractivity contribution in [3.63, 3.8) is 0 Å². The Bertz CT molecular complexity index is 1150. The van der Waals surface area contributed by atoms with E-state index in [0.29, 0.717) is 36.8 Å². The molecule has 0 unspecified atom stereocenters. The van der Waals surface area contributed by atoms with Crippen LogP contribution in [0.15, 0.2) is 34.9 Å². The SMILES string of the molecule is CN(CCOc1ccc2c(ccc3onc([C@@H]4CCC(=O)CC4=O)c32)c1)C1CCOCC1. The number of carbonyl (C=O) groups excluding carboxylic acids is 2. The monoisotopic (exact) mass is 436 g/mol. The number of rotatable bonds is 6. The maximum absolute atomic E-state index is 12.5. The molecule has 5 rings (SSSR count). The second-order valence-corrected chi connectivity index (χ2v) is 8.84. The minimum Gasteiger partial charge on any atom is -0.492 e. The average Bonchev–Trinajstić information content (AvgIpc) is 3.24. The molecule has 1 saturated heterocycles. The first kappa shape index (κ1) is 21.1. The summed E-state index contributed by atoms with van der Waals surface area (Å²) < 4.78 is 17.0. The molecule has 7 heteroatoms. The molecule has 168 valence electrons. The van der Waals surface area contributed by atoms with Gasteiger partial charge in [0, 0.05) is 32.2 Å². The Morgan fingerprint density at radius 2 is 1.97 bits per heavy atom. The number of carbonyl (C=O) groups is 2. The van der Waals surface area contributed by atoms with E-state index >= 15 is 0 Å². The van der Waals surface area contributed by atoms with Crippen LogP contribution in [0.25, 0.3) is 21.7 Å². The molecule has 2 aliphatic rings. The first-order valence-electron chi connectivity index (χ1n) is 11.4. The third-order valence-electron chi connectivity index (χ3n) is 6.78. The number of ketones is 2. The van der Waals surface area contributed by atoms with E-state index in [4.69, 9.17) is 14.0 Å². The van der Waals surface area contributed by atoms with Crippen LogP contribution in [0, 0.1) is 0 Å². The predicted octanol–water partition coefficient (Wildman–Crippen LogP) is 3.88. The fourth-order valence-electron chi connectivity index (χ4n) is 4.88. The van der Waals surface area contributed by atoms with Crippen molar-refractivity contribution in [2.45, 2.75) is 44.1 Å². The van der Waals surface area contributed by atoms with Gasteiger partial charge in [-0.05, 0) is 61.3 Å². The van der Waals surface area contributed by atoms with E-state index in [1.807, 2.05) is 30.3 Å². The summed E-state index contributed by atoms with van der Waals surface area (Å²) in [5.74, 6) is 0.376. The van der Waals surface area contributed by atoms with E-state index in [0.717, 1.165) is 54.5 Å². The number of likely N-dealkylation sites (N-methyl/N-ethyl adjacent to an activating group) is 1. The van der Waals surface area contributed by atoms with Crippen LogP contribution in [0.3, 0.4) is 0 Å². The molecule has 0 N–H and O–H groups in total. The average molecular weight is 437 g/mol. The quantitative estimate of drug-likeness (QED) is 0.543. The van der Waals surface area contributed by atoms with Crippen LogP contribution in [-0.4, -0.2) is 61.1 Å². The molecule has 1 aliphatic heterocycles. The van der Waals surface area contributed by atoms with Gasteiger partial charge >= 0.3 is 0 Å². The van der Waals surface area contributed by atoms with Gasteiger partial charge in [0.1, 0.15) is 29.6 Å². The Hall–Kier alpha value is -2.77. The van der Waals surface area contributed by atoms with Crippen molar-refractivity contribution in [3.05, 3.63) is 36.0 Å². The second kappa shape index (κ2) is 9.00. The molecular formula is C25H28N2O5. The molecule has 0 bridgehead atoms. The second-order valence-electron chi connectivity index (χ2n) is 8.84. The Morgan fingerprint density at radius 3 is 2.78 bits per heavy atom. The van der Waals surface area contributed by atoms with Crippen molar-refractivity contribution in [1.82, 2.24) is 10.1 Å². The van der Waals surface area contributed by atoms with E-state index in [-0.39, 0.29) is 23.9 Å². The highest BCUT2D eigenvalue weighted by molar-refractivity contribution is 6.11. The summed E-state index contributed by atoms with van der Waals surface area (Å²) in [5.41, 5.74) is 1.30. The normalized spacial score (nSPS) is 20.5. The van der Waals surface area contributed by atoms with Crippen molar-refractivity contribution < 1.29 is 23.6 Å². The molecule has 7 nitrogen and oxygen atoms in total. The lowest BCUT2D eigenvalue weighted by atomic mass is 9.83. The molecular weight excluding hydrogens is 408 g/mol. The van der Waals surface area contributed by atoms with Crippen molar-refractivity contribution in [3.8, 4) is 5.75 Å². The van der Waals surface area contributed by atoms with Crippen molar-refractivity contribution >= 4 is 33.3 Å². The minimum absolute atomic E-state index is 0.00756. The van der Waals surface area contributed by atoms with Crippen molar-refractivity contribution in [1.29, 1.82) is 0 Å². The number of hydrogen-bond donors (Lipinski definition) is 0. The zero-order valence-corrected chi connectivity index (χ0v) is 18.3. The summed E-state index contributed by atoms with van der Waals surface area (Å²) in [6.07, 6.45) is 3.04. The summed E-state index contributed by atoms with van der Waals surface area (Å²) >= 11 is 0. The Morgan fingerprint density at radius 1 is 1.12 bits per heavy atom. The zero-order valence-electron chi connectivity index (χ0n) is 18.3. The third kappa shape index (κ3) is 4.14. The van der Waals surface area contributed by atoms with Gasteiger partial charge in [0.25, 0.3) is 0 Å². The molecule has 0 radical (unpaired) electrons. The van der Waals surface area contributed by atoms with E-state index in [1.54, 1.807) is 0 Å². The smallest absolute Gasteiger partial charge is 0.167 e. The molecule has 3 aromatic rings. The number of fused-ring (bicyclic) bond motifs is 3. The number of nitrogens with zero attached hydrogens (tertiary/aromatic N) is 2. The number of Topliss-reactive ketones (excluding diaryl/α,β-unsaturated/α-hetero) is 2. The summed E-state index contributed by atoms with van der Waals surface area (Å²) in [5, 5.41) is 7.08. The fraction of sp³-hybridized carbons (Fsp3) is 0.480. The maximum Gasteiger partial charge on any atom is 0.167 e. The lowest BCUT2D eigenvalue weighted by Crippen LogP contribution is -2.38. The van der Waals surface area contributed by atoms with Gasteiger partial charge in [-0.3, -0.25) is 14.5 Å². The standard InChI is InChI=1S/C25H28N2O5/c1-27(17-8-11-30-12-9-17)10-13-31-19-4-6-20-16(14-19)2-7-23-24(20)25(26-32-23)21-5-3-18(28)15-22(21)29/h2,4,6-7,14,17,21H,3,5,8-13,15H2,1H3/t21-/m1/s1. The lowest BCUT2D eigenvalue weighted by molar-refractivity contribution is -0.130. The topological polar surface area (TPSA) is 81.9 Å². The molecule has 1 saturated carbocycles. The van der Waals surface area contributed by atoms with Crippen LogP contribution in [0.2, 0.25) is 0 Å². The van der Waals surface area contributed by atoms with Crippen LogP contribution >= 0.6 is 0 Å². The van der Waals surface area contributed by atoms with Gasteiger partial charge < -0.3 is 14.0 Å². The number of hydrogen-bond acceptors (Lipinski definition) is 7. The van der Waals surface area contributed by atoms with E-state index in [9.17, 15) is 9.59 Å². The van der Waals surface area contributed by atoms with Crippen LogP contribution in [0.1, 0.15) is 43.7 Å². The molecule has 0 amide bonds. The highest BCUT2D eigenvalue weighted by atomic mass is 16.5. The number of ether oxygens (including phenoxy) is 2. The number of aromatic nitrogens is 1. The summed E-state index contributed by atoms with van der Waals surface area (Å²) in [6, 6.07) is 10.4. The van der Waals surface area contributed by atoms with E-state index in [2.05, 4.69) is 17.1 Å². The largest absolute Gasteiger partial charge is 0.492 e. The van der Waals surface area contributed by atoms with Crippen molar-refractivity contribution in [2.24, 2.45) is 0 Å². The Kier molecular flexibility index (Phi) is 5.93.